The van der Waals surface area contributed by atoms with Crippen LogP contribution in [0.3, 0.4) is 0 Å². The summed E-state index contributed by atoms with van der Waals surface area (Å²) in [5.41, 5.74) is 0. The van der Waals surface area contributed by atoms with Gasteiger partial charge in [-0.2, -0.15) is 0 Å². The smallest absolute Gasteiger partial charge is 0.233 e. The minimum absolute atomic E-state index is 0.107. The number of carbonyl (C=O) groups excluding carboxylic acids is 1. The van der Waals surface area contributed by atoms with Gasteiger partial charge >= 0.3 is 0 Å². The van der Waals surface area contributed by atoms with Crippen molar-refractivity contribution in [1.29, 1.82) is 0 Å². The van der Waals surface area contributed by atoms with Crippen LogP contribution in [0.1, 0.15) is 32.6 Å². The Morgan fingerprint density at radius 2 is 2.50 bits per heavy atom. The zero-order valence-electron chi connectivity index (χ0n) is 8.58. The monoisotopic (exact) mass is 211 g/mol. The molecule has 0 aromatic heterocycles. The Hall–Kier alpha value is -0.620. The van der Waals surface area contributed by atoms with Crippen molar-refractivity contribution in [3.05, 3.63) is 0 Å². The lowest BCUT2D eigenvalue weighted by molar-refractivity contribution is -0.121. The molecule has 0 aliphatic carbocycles. The van der Waals surface area contributed by atoms with E-state index in [-0.39, 0.29) is 17.2 Å². The first-order valence-corrected chi connectivity index (χ1v) is 6.14. The second-order valence-electron chi connectivity index (χ2n) is 3.67. The fourth-order valence-electron chi connectivity index (χ4n) is 1.51. The van der Waals surface area contributed by atoms with Gasteiger partial charge in [-0.3, -0.25) is 4.79 Å². The number of nitrogens with one attached hydrogen (secondary N) is 1. The van der Waals surface area contributed by atoms with E-state index in [0.717, 1.165) is 12.2 Å². The maximum atomic E-state index is 11.7. The van der Waals surface area contributed by atoms with Gasteiger partial charge in [0, 0.05) is 12.5 Å². The summed E-state index contributed by atoms with van der Waals surface area (Å²) >= 11 is 1.77. The van der Waals surface area contributed by atoms with E-state index in [1.54, 1.807) is 11.8 Å². The molecule has 2 nitrogen and oxygen atoms in total. The molecule has 0 aromatic carbocycles. The lowest BCUT2D eigenvalue weighted by Gasteiger charge is -2.22. The van der Waals surface area contributed by atoms with Gasteiger partial charge in [-0.15, -0.1) is 24.1 Å². The van der Waals surface area contributed by atoms with Crippen molar-refractivity contribution in [1.82, 2.24) is 5.32 Å². The maximum Gasteiger partial charge on any atom is 0.233 e. The summed E-state index contributed by atoms with van der Waals surface area (Å²) in [6, 6.07) is 0.107. The van der Waals surface area contributed by atoms with E-state index in [2.05, 4.69) is 11.2 Å². The summed E-state index contributed by atoms with van der Waals surface area (Å²) in [5, 5.41) is 3.10. The number of carbonyl (C=O) groups is 1. The second-order valence-corrected chi connectivity index (χ2v) is 4.98. The molecule has 1 heterocycles. The van der Waals surface area contributed by atoms with Crippen LogP contribution in [0.2, 0.25) is 0 Å². The first-order valence-electron chi connectivity index (χ1n) is 5.09. The van der Waals surface area contributed by atoms with Crippen molar-refractivity contribution in [2.75, 3.05) is 5.75 Å². The van der Waals surface area contributed by atoms with Gasteiger partial charge in [-0.25, -0.2) is 0 Å². The van der Waals surface area contributed by atoms with Crippen LogP contribution in [0.4, 0.5) is 0 Å². The molecule has 1 aliphatic rings. The molecule has 14 heavy (non-hydrogen) atoms. The SMILES string of the molecule is C#CCC(C)NC(=O)C1CCCCS1. The highest BCUT2D eigenvalue weighted by molar-refractivity contribution is 8.00. The van der Waals surface area contributed by atoms with Crippen molar-refractivity contribution in [3.8, 4) is 12.3 Å². The molecule has 0 radical (unpaired) electrons. The average Bonchev–Trinajstić information content (AvgIpc) is 2.19. The summed E-state index contributed by atoms with van der Waals surface area (Å²) < 4.78 is 0. The van der Waals surface area contributed by atoms with Crippen LogP contribution >= 0.6 is 11.8 Å². The highest BCUT2D eigenvalue weighted by Crippen LogP contribution is 2.25. The summed E-state index contributed by atoms with van der Waals surface area (Å²) in [5.74, 6) is 3.83. The van der Waals surface area contributed by atoms with Gasteiger partial charge in [-0.1, -0.05) is 6.42 Å². The third-order valence-electron chi connectivity index (χ3n) is 2.28. The summed E-state index contributed by atoms with van der Waals surface area (Å²) in [7, 11) is 0. The van der Waals surface area contributed by atoms with Crippen molar-refractivity contribution < 1.29 is 4.79 Å². The van der Waals surface area contributed by atoms with E-state index in [1.165, 1.54) is 12.8 Å². The van der Waals surface area contributed by atoms with Gasteiger partial charge in [0.05, 0.1) is 5.25 Å². The molecule has 78 valence electrons. The minimum atomic E-state index is 0.107. The number of terminal acetylenes is 1. The average molecular weight is 211 g/mol. The zero-order chi connectivity index (χ0) is 10.4. The van der Waals surface area contributed by atoms with Crippen LogP contribution in [0.5, 0.6) is 0 Å². The lowest BCUT2D eigenvalue weighted by Crippen LogP contribution is -2.39. The first-order chi connectivity index (χ1) is 6.74. The molecule has 1 amide bonds. The predicted octanol–water partition coefficient (Wildman–Crippen LogP) is 1.80. The molecular weight excluding hydrogens is 194 g/mol. The molecule has 3 heteroatoms. The Morgan fingerprint density at radius 1 is 1.71 bits per heavy atom. The predicted molar refractivity (Wildman–Crippen MR) is 61.2 cm³/mol. The normalized spacial score (nSPS) is 23.6. The molecule has 0 spiro atoms. The van der Waals surface area contributed by atoms with Gasteiger partial charge < -0.3 is 5.32 Å². The third-order valence-corrected chi connectivity index (χ3v) is 3.66. The van der Waals surface area contributed by atoms with Gasteiger partial charge in [0.2, 0.25) is 5.91 Å². The molecule has 1 fully saturated rings. The quantitative estimate of drug-likeness (QED) is 0.721. The zero-order valence-corrected chi connectivity index (χ0v) is 9.40. The van der Waals surface area contributed by atoms with Crippen LogP contribution in [-0.4, -0.2) is 23.0 Å². The van der Waals surface area contributed by atoms with Crippen molar-refractivity contribution in [3.63, 3.8) is 0 Å². The molecule has 1 rings (SSSR count). The molecule has 2 unspecified atom stereocenters. The fraction of sp³-hybridized carbons (Fsp3) is 0.727. The Labute approximate surface area is 90.2 Å². The second kappa shape index (κ2) is 5.98. The van der Waals surface area contributed by atoms with Gasteiger partial charge in [0.25, 0.3) is 0 Å². The fourth-order valence-corrected chi connectivity index (χ4v) is 2.72. The Bertz CT molecular complexity index is 228. The third kappa shape index (κ3) is 3.63. The number of hydrogen-bond acceptors (Lipinski definition) is 2. The molecule has 0 aromatic rings. The minimum Gasteiger partial charge on any atom is -0.352 e. The molecule has 2 atom stereocenters. The van der Waals surface area contributed by atoms with E-state index in [1.807, 2.05) is 6.92 Å². The van der Waals surface area contributed by atoms with E-state index >= 15 is 0 Å². The van der Waals surface area contributed by atoms with Crippen LogP contribution in [0, 0.1) is 12.3 Å². The van der Waals surface area contributed by atoms with Crippen LogP contribution in [-0.2, 0) is 4.79 Å². The highest BCUT2D eigenvalue weighted by atomic mass is 32.2. The van der Waals surface area contributed by atoms with E-state index in [4.69, 9.17) is 6.42 Å². The van der Waals surface area contributed by atoms with Crippen LogP contribution in [0.15, 0.2) is 0 Å². The Kier molecular flexibility index (Phi) is 4.89. The topological polar surface area (TPSA) is 29.1 Å². The Morgan fingerprint density at radius 3 is 3.07 bits per heavy atom. The maximum absolute atomic E-state index is 11.7. The summed E-state index contributed by atoms with van der Waals surface area (Å²) in [4.78, 5) is 11.7. The molecule has 1 N–H and O–H groups in total. The molecule has 0 saturated carbocycles. The summed E-state index contributed by atoms with van der Waals surface area (Å²) in [6.07, 6.45) is 9.22. The number of hydrogen-bond donors (Lipinski definition) is 1. The van der Waals surface area contributed by atoms with E-state index in [0.29, 0.717) is 6.42 Å². The van der Waals surface area contributed by atoms with E-state index < -0.39 is 0 Å². The largest absolute Gasteiger partial charge is 0.352 e. The Balaban J connectivity index is 2.30. The van der Waals surface area contributed by atoms with Gasteiger partial charge in [0.1, 0.15) is 0 Å². The summed E-state index contributed by atoms with van der Waals surface area (Å²) in [6.45, 7) is 1.95. The van der Waals surface area contributed by atoms with Crippen LogP contribution < -0.4 is 5.32 Å². The lowest BCUT2D eigenvalue weighted by atomic mass is 10.1. The van der Waals surface area contributed by atoms with Gasteiger partial charge in [0.15, 0.2) is 0 Å². The van der Waals surface area contributed by atoms with Crippen molar-refractivity contribution >= 4 is 17.7 Å². The van der Waals surface area contributed by atoms with Crippen LogP contribution in [0.25, 0.3) is 0 Å². The molecule has 1 aliphatic heterocycles. The molecular formula is C11H17NOS. The molecule has 0 bridgehead atoms. The van der Waals surface area contributed by atoms with Crippen molar-refractivity contribution in [2.24, 2.45) is 0 Å². The van der Waals surface area contributed by atoms with Crippen molar-refractivity contribution in [2.45, 2.75) is 43.9 Å². The first kappa shape index (κ1) is 11.5. The number of rotatable bonds is 3. The van der Waals surface area contributed by atoms with E-state index in [9.17, 15) is 4.79 Å². The van der Waals surface area contributed by atoms with Gasteiger partial charge in [-0.05, 0) is 25.5 Å². The number of thioether (sulfide) groups is 1. The molecule has 1 saturated heterocycles. The highest BCUT2D eigenvalue weighted by Gasteiger charge is 2.22. The number of amides is 1. The standard InChI is InChI=1S/C11H17NOS/c1-3-6-9(2)12-11(13)10-7-4-5-8-14-10/h1,9-10H,4-8H2,2H3,(H,12,13).